The quantitative estimate of drug-likeness (QED) is 0.475. The van der Waals surface area contributed by atoms with Gasteiger partial charge in [-0.25, -0.2) is 4.79 Å². The maximum Gasteiger partial charge on any atom is 0.379 e. The van der Waals surface area contributed by atoms with Crippen LogP contribution in [-0.4, -0.2) is 23.3 Å². The summed E-state index contributed by atoms with van der Waals surface area (Å²) in [6.07, 6.45) is 2.77. The first-order valence-electron chi connectivity index (χ1n) is 6.10. The summed E-state index contributed by atoms with van der Waals surface area (Å²) in [5.41, 5.74) is 0.136. The number of nitrogens with zero attached hydrogens (tertiary/aromatic N) is 1. The highest BCUT2D eigenvalue weighted by atomic mass is 16.5. The fourth-order valence-electron chi connectivity index (χ4n) is 1.54. The van der Waals surface area contributed by atoms with E-state index in [1.807, 2.05) is 18.2 Å². The van der Waals surface area contributed by atoms with Crippen molar-refractivity contribution in [3.05, 3.63) is 54.4 Å². The normalized spacial score (nSPS) is 9.85. The second-order valence-electron chi connectivity index (χ2n) is 3.87. The first-order chi connectivity index (χ1) is 9.70. The van der Waals surface area contributed by atoms with Gasteiger partial charge in [-0.05, 0) is 25.1 Å². The van der Waals surface area contributed by atoms with E-state index >= 15 is 0 Å². The monoisotopic (exact) mass is 271 g/mol. The highest BCUT2D eigenvalue weighted by molar-refractivity contribution is 6.40. The molecule has 0 N–H and O–H groups in total. The van der Waals surface area contributed by atoms with Gasteiger partial charge in [0.1, 0.15) is 11.5 Å². The number of benzene rings is 1. The van der Waals surface area contributed by atoms with Gasteiger partial charge in [0.2, 0.25) is 0 Å². The molecular weight excluding hydrogens is 258 g/mol. The third-order valence-electron chi connectivity index (χ3n) is 2.42. The van der Waals surface area contributed by atoms with Crippen LogP contribution in [-0.2, 0) is 9.53 Å². The van der Waals surface area contributed by atoms with Crippen LogP contribution < -0.4 is 4.74 Å². The standard InChI is InChI=1S/C15H13NO4/c1-2-19-15(18)14(17)11-8-13(10-16-9-11)20-12-6-4-3-5-7-12/h3-10H,2H2,1H3. The van der Waals surface area contributed by atoms with Crippen molar-refractivity contribution in [2.75, 3.05) is 6.61 Å². The molecule has 1 aromatic carbocycles. The molecule has 5 heteroatoms. The molecule has 102 valence electrons. The zero-order valence-corrected chi connectivity index (χ0v) is 10.9. The molecule has 2 aromatic rings. The molecule has 0 aliphatic carbocycles. The molecule has 0 atom stereocenters. The maximum absolute atomic E-state index is 11.8. The van der Waals surface area contributed by atoms with E-state index in [0.717, 1.165) is 0 Å². The number of para-hydroxylation sites is 1. The smallest absolute Gasteiger partial charge is 0.379 e. The lowest BCUT2D eigenvalue weighted by Crippen LogP contribution is -2.17. The summed E-state index contributed by atoms with van der Waals surface area (Å²) in [6, 6.07) is 10.5. The number of aromatic nitrogens is 1. The van der Waals surface area contributed by atoms with Crippen LogP contribution in [0.3, 0.4) is 0 Å². The number of esters is 1. The number of carbonyl (C=O) groups is 2. The Morgan fingerprint density at radius 3 is 2.55 bits per heavy atom. The van der Waals surface area contributed by atoms with Crippen molar-refractivity contribution in [2.24, 2.45) is 0 Å². The van der Waals surface area contributed by atoms with Crippen LogP contribution >= 0.6 is 0 Å². The number of rotatable bonds is 5. The number of Topliss-reactive ketones (excluding diaryl/α,β-unsaturated/α-hetero) is 1. The van der Waals surface area contributed by atoms with Gasteiger partial charge in [-0.2, -0.15) is 0 Å². The zero-order chi connectivity index (χ0) is 14.4. The van der Waals surface area contributed by atoms with Crippen LogP contribution in [0.15, 0.2) is 48.8 Å². The van der Waals surface area contributed by atoms with Crippen molar-refractivity contribution in [3.8, 4) is 11.5 Å². The molecule has 2 rings (SSSR count). The molecule has 0 saturated carbocycles. The van der Waals surface area contributed by atoms with Crippen LogP contribution in [0, 0.1) is 0 Å². The zero-order valence-electron chi connectivity index (χ0n) is 10.9. The molecule has 0 amide bonds. The molecule has 0 bridgehead atoms. The Morgan fingerprint density at radius 2 is 1.85 bits per heavy atom. The van der Waals surface area contributed by atoms with E-state index in [1.54, 1.807) is 19.1 Å². The van der Waals surface area contributed by atoms with Crippen molar-refractivity contribution < 1.29 is 19.1 Å². The summed E-state index contributed by atoms with van der Waals surface area (Å²) in [5, 5.41) is 0. The number of pyridine rings is 1. The molecule has 0 aliphatic heterocycles. The summed E-state index contributed by atoms with van der Waals surface area (Å²) in [5.74, 6) is -0.634. The highest BCUT2D eigenvalue weighted by Crippen LogP contribution is 2.20. The number of ether oxygens (including phenoxy) is 2. The Morgan fingerprint density at radius 1 is 1.10 bits per heavy atom. The fourth-order valence-corrected chi connectivity index (χ4v) is 1.54. The average Bonchev–Trinajstić information content (AvgIpc) is 2.48. The SMILES string of the molecule is CCOC(=O)C(=O)c1cncc(Oc2ccccc2)c1. The van der Waals surface area contributed by atoms with E-state index in [2.05, 4.69) is 9.72 Å². The lowest BCUT2D eigenvalue weighted by molar-refractivity contribution is -0.137. The Hall–Kier alpha value is -2.69. The Balaban J connectivity index is 2.16. The van der Waals surface area contributed by atoms with Crippen LogP contribution in [0.25, 0.3) is 0 Å². The lowest BCUT2D eigenvalue weighted by Gasteiger charge is -2.06. The largest absolute Gasteiger partial charge is 0.460 e. The minimum Gasteiger partial charge on any atom is -0.460 e. The van der Waals surface area contributed by atoms with Crippen LogP contribution in [0.2, 0.25) is 0 Å². The van der Waals surface area contributed by atoms with Crippen molar-refractivity contribution >= 4 is 11.8 Å². The van der Waals surface area contributed by atoms with E-state index in [9.17, 15) is 9.59 Å². The Kier molecular flexibility index (Phi) is 4.44. The second-order valence-corrected chi connectivity index (χ2v) is 3.87. The molecule has 0 saturated heterocycles. The molecule has 0 unspecified atom stereocenters. The predicted molar refractivity (Wildman–Crippen MR) is 71.7 cm³/mol. The van der Waals surface area contributed by atoms with Gasteiger partial charge in [0.15, 0.2) is 0 Å². The molecule has 5 nitrogen and oxygen atoms in total. The van der Waals surface area contributed by atoms with Gasteiger partial charge in [0.25, 0.3) is 5.78 Å². The third kappa shape index (κ3) is 3.41. The van der Waals surface area contributed by atoms with E-state index in [1.165, 1.54) is 18.5 Å². The summed E-state index contributed by atoms with van der Waals surface area (Å²) in [4.78, 5) is 27.0. The van der Waals surface area contributed by atoms with Gasteiger partial charge in [-0.1, -0.05) is 18.2 Å². The minimum atomic E-state index is -0.897. The Labute approximate surface area is 116 Å². The molecule has 0 fully saturated rings. The molecular formula is C15H13NO4. The summed E-state index contributed by atoms with van der Waals surface area (Å²) >= 11 is 0. The Bertz CT molecular complexity index is 610. The maximum atomic E-state index is 11.8. The van der Waals surface area contributed by atoms with Crippen LogP contribution in [0.5, 0.6) is 11.5 Å². The van der Waals surface area contributed by atoms with Crippen molar-refractivity contribution in [1.29, 1.82) is 0 Å². The van der Waals surface area contributed by atoms with Crippen molar-refractivity contribution in [1.82, 2.24) is 4.98 Å². The topological polar surface area (TPSA) is 65.5 Å². The first-order valence-corrected chi connectivity index (χ1v) is 6.10. The molecule has 0 aliphatic rings. The van der Waals surface area contributed by atoms with Crippen LogP contribution in [0.1, 0.15) is 17.3 Å². The molecule has 0 radical (unpaired) electrons. The predicted octanol–water partition coefficient (Wildman–Crippen LogP) is 2.62. The van der Waals surface area contributed by atoms with Gasteiger partial charge >= 0.3 is 5.97 Å². The third-order valence-corrected chi connectivity index (χ3v) is 2.42. The average molecular weight is 271 g/mol. The number of ketones is 1. The van der Waals surface area contributed by atoms with Gasteiger partial charge < -0.3 is 9.47 Å². The van der Waals surface area contributed by atoms with Gasteiger partial charge in [-0.3, -0.25) is 9.78 Å². The van der Waals surface area contributed by atoms with Gasteiger partial charge in [-0.15, -0.1) is 0 Å². The first kappa shape index (κ1) is 13.7. The van der Waals surface area contributed by atoms with E-state index in [4.69, 9.17) is 4.74 Å². The molecule has 0 spiro atoms. The molecule has 1 heterocycles. The number of hydrogen-bond donors (Lipinski definition) is 0. The summed E-state index contributed by atoms with van der Waals surface area (Å²) in [7, 11) is 0. The lowest BCUT2D eigenvalue weighted by atomic mass is 10.2. The number of hydrogen-bond acceptors (Lipinski definition) is 5. The fraction of sp³-hybridized carbons (Fsp3) is 0.133. The van der Waals surface area contributed by atoms with E-state index in [-0.39, 0.29) is 12.2 Å². The van der Waals surface area contributed by atoms with Gasteiger partial charge in [0.05, 0.1) is 18.4 Å². The molecule has 1 aromatic heterocycles. The molecule has 20 heavy (non-hydrogen) atoms. The van der Waals surface area contributed by atoms with Crippen molar-refractivity contribution in [3.63, 3.8) is 0 Å². The van der Waals surface area contributed by atoms with Crippen molar-refractivity contribution in [2.45, 2.75) is 6.92 Å². The second kappa shape index (κ2) is 6.47. The summed E-state index contributed by atoms with van der Waals surface area (Å²) < 4.78 is 10.2. The van der Waals surface area contributed by atoms with Gasteiger partial charge in [0, 0.05) is 6.20 Å². The number of carbonyl (C=O) groups excluding carboxylic acids is 2. The van der Waals surface area contributed by atoms with E-state index in [0.29, 0.717) is 11.5 Å². The summed E-state index contributed by atoms with van der Waals surface area (Å²) in [6.45, 7) is 1.79. The minimum absolute atomic E-state index is 0.136. The van der Waals surface area contributed by atoms with E-state index < -0.39 is 11.8 Å². The van der Waals surface area contributed by atoms with Crippen LogP contribution in [0.4, 0.5) is 0 Å². The highest BCUT2D eigenvalue weighted by Gasteiger charge is 2.18.